The molecule has 2 aromatic heterocycles. The Morgan fingerprint density at radius 2 is 2.31 bits per heavy atom. The largest absolute Gasteiger partial charge is 0.478 e. The molecule has 0 unspecified atom stereocenters. The number of aromatic carboxylic acids is 1. The third-order valence-electron chi connectivity index (χ3n) is 1.73. The number of carboxylic acids is 1. The van der Waals surface area contributed by atoms with Crippen LogP contribution in [0.2, 0.25) is 0 Å². The molecule has 0 spiro atoms. The monoisotopic (exact) mass is 237 g/mol. The Morgan fingerprint density at radius 1 is 1.50 bits per heavy atom. The van der Waals surface area contributed by atoms with Crippen molar-refractivity contribution < 1.29 is 9.90 Å². The first kappa shape index (κ1) is 10.4. The van der Waals surface area contributed by atoms with Crippen LogP contribution in [0.25, 0.3) is 0 Å². The van der Waals surface area contributed by atoms with E-state index in [1.807, 2.05) is 0 Å². The molecule has 0 amide bonds. The zero-order valence-electron chi connectivity index (χ0n) is 7.91. The molecule has 0 radical (unpaired) electrons. The number of rotatable bonds is 3. The maximum atomic E-state index is 10.8. The van der Waals surface area contributed by atoms with Crippen molar-refractivity contribution in [1.82, 2.24) is 20.2 Å². The first-order chi connectivity index (χ1) is 7.66. The predicted octanol–water partition coefficient (Wildman–Crippen LogP) is 0.631. The third kappa shape index (κ3) is 2.11. The first-order valence-electron chi connectivity index (χ1n) is 4.19. The van der Waals surface area contributed by atoms with Crippen LogP contribution in [0.1, 0.15) is 10.4 Å². The third-order valence-corrected chi connectivity index (χ3v) is 2.56. The lowest BCUT2D eigenvalue weighted by molar-refractivity contribution is 0.0697. The van der Waals surface area contributed by atoms with Crippen molar-refractivity contribution >= 4 is 23.4 Å². The number of H-pyrrole nitrogens is 1. The van der Waals surface area contributed by atoms with Gasteiger partial charge in [-0.2, -0.15) is 5.10 Å². The highest BCUT2D eigenvalue weighted by molar-refractivity contribution is 7.99. The number of nitrogens with zero attached hydrogens (tertiary/aromatic N) is 3. The molecule has 16 heavy (non-hydrogen) atoms. The molecule has 0 aromatic carbocycles. The topological polar surface area (TPSA) is 118 Å². The summed E-state index contributed by atoms with van der Waals surface area (Å²) in [6.45, 7) is 0. The first-order valence-corrected chi connectivity index (χ1v) is 5.00. The fourth-order valence-corrected chi connectivity index (χ4v) is 1.71. The molecule has 0 bridgehead atoms. The van der Waals surface area contributed by atoms with Gasteiger partial charge >= 0.3 is 5.97 Å². The van der Waals surface area contributed by atoms with E-state index in [-0.39, 0.29) is 11.3 Å². The summed E-state index contributed by atoms with van der Waals surface area (Å²) >= 11 is 1.18. The fourth-order valence-electron chi connectivity index (χ4n) is 1.03. The van der Waals surface area contributed by atoms with E-state index < -0.39 is 5.97 Å². The number of nitrogens with one attached hydrogen (secondary N) is 1. The van der Waals surface area contributed by atoms with E-state index in [1.54, 1.807) is 0 Å². The van der Waals surface area contributed by atoms with Gasteiger partial charge in [-0.3, -0.25) is 5.10 Å². The van der Waals surface area contributed by atoms with Crippen LogP contribution in [0.15, 0.2) is 28.8 Å². The van der Waals surface area contributed by atoms with Crippen LogP contribution in [-0.4, -0.2) is 31.2 Å². The number of aromatic nitrogens is 4. The van der Waals surface area contributed by atoms with Crippen molar-refractivity contribution in [2.24, 2.45) is 0 Å². The van der Waals surface area contributed by atoms with Crippen LogP contribution in [-0.2, 0) is 0 Å². The van der Waals surface area contributed by atoms with Gasteiger partial charge in [-0.1, -0.05) is 0 Å². The second kappa shape index (κ2) is 4.19. The lowest BCUT2D eigenvalue weighted by Crippen LogP contribution is -2.03. The molecular formula is C8H7N5O2S. The zero-order valence-corrected chi connectivity index (χ0v) is 8.73. The summed E-state index contributed by atoms with van der Waals surface area (Å²) in [5.74, 6) is -1.08. The van der Waals surface area contributed by atoms with Gasteiger partial charge in [0.1, 0.15) is 11.4 Å². The Morgan fingerprint density at radius 3 is 2.94 bits per heavy atom. The number of nitrogen functional groups attached to an aromatic ring is 1. The number of aromatic amines is 1. The standard InChI is InChI=1S/C8H7N5O2S/c9-5-2-10-6(1-4(5)7(14)15)16-8-11-3-12-13-8/h1-3H,9H2,(H,14,15)(H,11,12,13). The Bertz CT molecular complexity index is 513. The van der Waals surface area contributed by atoms with Gasteiger partial charge in [0.15, 0.2) is 5.16 Å². The lowest BCUT2D eigenvalue weighted by atomic mass is 10.2. The second-order valence-electron chi connectivity index (χ2n) is 2.81. The summed E-state index contributed by atoms with van der Waals surface area (Å²) in [7, 11) is 0. The van der Waals surface area contributed by atoms with Gasteiger partial charge in [-0.25, -0.2) is 14.8 Å². The van der Waals surface area contributed by atoms with Gasteiger partial charge in [-0.15, -0.1) is 0 Å². The second-order valence-corrected chi connectivity index (χ2v) is 3.82. The molecule has 2 rings (SSSR count). The summed E-state index contributed by atoms with van der Waals surface area (Å²) in [6, 6.07) is 1.39. The molecule has 0 aliphatic rings. The van der Waals surface area contributed by atoms with Crippen molar-refractivity contribution in [2.75, 3.05) is 5.73 Å². The molecule has 2 aromatic rings. The van der Waals surface area contributed by atoms with Gasteiger partial charge in [0.05, 0.1) is 17.4 Å². The minimum Gasteiger partial charge on any atom is -0.478 e. The predicted molar refractivity (Wildman–Crippen MR) is 56.1 cm³/mol. The van der Waals surface area contributed by atoms with E-state index in [2.05, 4.69) is 20.2 Å². The molecule has 7 nitrogen and oxygen atoms in total. The maximum absolute atomic E-state index is 10.8. The smallest absolute Gasteiger partial charge is 0.337 e. The van der Waals surface area contributed by atoms with Crippen LogP contribution in [0.4, 0.5) is 5.69 Å². The Hall–Kier alpha value is -2.09. The van der Waals surface area contributed by atoms with Crippen LogP contribution >= 0.6 is 11.8 Å². The van der Waals surface area contributed by atoms with Gasteiger partial charge in [-0.05, 0) is 17.8 Å². The Labute approximate surface area is 94.1 Å². The molecule has 0 saturated carbocycles. The van der Waals surface area contributed by atoms with Crippen molar-refractivity contribution in [3.05, 3.63) is 24.2 Å². The highest BCUT2D eigenvalue weighted by Gasteiger charge is 2.11. The van der Waals surface area contributed by atoms with E-state index in [0.29, 0.717) is 10.2 Å². The van der Waals surface area contributed by atoms with Crippen molar-refractivity contribution in [3.63, 3.8) is 0 Å². The van der Waals surface area contributed by atoms with Crippen LogP contribution in [0.5, 0.6) is 0 Å². The average molecular weight is 237 g/mol. The molecule has 0 aliphatic heterocycles. The van der Waals surface area contributed by atoms with Crippen molar-refractivity contribution in [1.29, 1.82) is 0 Å². The van der Waals surface area contributed by atoms with Crippen LogP contribution < -0.4 is 5.73 Å². The molecule has 82 valence electrons. The highest BCUT2D eigenvalue weighted by Crippen LogP contribution is 2.24. The fraction of sp³-hybridized carbons (Fsp3) is 0. The number of pyridine rings is 1. The van der Waals surface area contributed by atoms with Crippen LogP contribution in [0, 0.1) is 0 Å². The molecule has 8 heteroatoms. The quantitative estimate of drug-likeness (QED) is 0.716. The summed E-state index contributed by atoms with van der Waals surface area (Å²) < 4.78 is 0. The Balaban J connectivity index is 2.29. The number of carboxylic acid groups (broad SMARTS) is 1. The van der Waals surface area contributed by atoms with Crippen molar-refractivity contribution in [2.45, 2.75) is 10.2 Å². The summed E-state index contributed by atoms with van der Waals surface area (Å²) in [4.78, 5) is 18.7. The van der Waals surface area contributed by atoms with Gasteiger partial charge in [0.25, 0.3) is 0 Å². The average Bonchev–Trinajstić information content (AvgIpc) is 2.73. The summed E-state index contributed by atoms with van der Waals surface area (Å²) in [6.07, 6.45) is 2.67. The Kier molecular flexibility index (Phi) is 2.73. The van der Waals surface area contributed by atoms with E-state index in [4.69, 9.17) is 10.8 Å². The van der Waals surface area contributed by atoms with Gasteiger partial charge in [0, 0.05) is 0 Å². The number of hydrogen-bond acceptors (Lipinski definition) is 6. The number of carbonyl (C=O) groups is 1. The van der Waals surface area contributed by atoms with E-state index in [9.17, 15) is 4.79 Å². The highest BCUT2D eigenvalue weighted by atomic mass is 32.2. The number of nitrogens with two attached hydrogens (primary N) is 1. The molecule has 2 heterocycles. The number of anilines is 1. The van der Waals surface area contributed by atoms with Gasteiger partial charge < -0.3 is 10.8 Å². The maximum Gasteiger partial charge on any atom is 0.337 e. The normalized spacial score (nSPS) is 10.2. The molecule has 0 saturated heterocycles. The van der Waals surface area contributed by atoms with E-state index >= 15 is 0 Å². The lowest BCUT2D eigenvalue weighted by Gasteiger charge is -2.02. The van der Waals surface area contributed by atoms with E-state index in [0.717, 1.165) is 0 Å². The summed E-state index contributed by atoms with van der Waals surface area (Å²) in [5, 5.41) is 16.2. The zero-order chi connectivity index (χ0) is 11.5. The minimum atomic E-state index is -1.08. The molecule has 0 fully saturated rings. The number of hydrogen-bond donors (Lipinski definition) is 3. The SMILES string of the molecule is Nc1cnc(Sc2ncn[nH]2)cc1C(=O)O. The molecule has 0 atom stereocenters. The molecule has 4 N–H and O–H groups in total. The summed E-state index contributed by atoms with van der Waals surface area (Å²) in [5.41, 5.74) is 5.63. The van der Waals surface area contributed by atoms with E-state index in [1.165, 1.54) is 30.4 Å². The molecule has 0 aliphatic carbocycles. The van der Waals surface area contributed by atoms with Crippen LogP contribution in [0.3, 0.4) is 0 Å². The van der Waals surface area contributed by atoms with Crippen molar-refractivity contribution in [3.8, 4) is 0 Å². The minimum absolute atomic E-state index is 0.0250. The molecular weight excluding hydrogens is 230 g/mol. The van der Waals surface area contributed by atoms with Gasteiger partial charge in [0.2, 0.25) is 0 Å².